The molecule has 5 rings (SSSR count). The summed E-state index contributed by atoms with van der Waals surface area (Å²) in [7, 11) is 0. The van der Waals surface area contributed by atoms with Crippen molar-refractivity contribution >= 4 is 23.2 Å². The molecule has 1 amide bonds. The number of furan rings is 1. The van der Waals surface area contributed by atoms with E-state index in [-0.39, 0.29) is 11.8 Å². The van der Waals surface area contributed by atoms with Crippen LogP contribution in [0.4, 0.5) is 5.69 Å². The van der Waals surface area contributed by atoms with Crippen LogP contribution in [0.25, 0.3) is 23.0 Å². The lowest BCUT2D eigenvalue weighted by molar-refractivity contribution is -0.117. The molecule has 0 saturated carbocycles. The van der Waals surface area contributed by atoms with Crippen LogP contribution < -0.4 is 4.90 Å². The molecule has 1 fully saturated rings. The Kier molecular flexibility index (Phi) is 4.21. The Labute approximate surface area is 170 Å². The summed E-state index contributed by atoms with van der Waals surface area (Å²) in [5, 5.41) is 11.8. The molecule has 1 N–H and O–H groups in total. The topological polar surface area (TPSA) is 101 Å². The van der Waals surface area contributed by atoms with Crippen LogP contribution in [0.3, 0.4) is 0 Å². The molecule has 8 nitrogen and oxygen atoms in total. The van der Waals surface area contributed by atoms with Crippen LogP contribution in [0.15, 0.2) is 51.6 Å². The number of carbonyl (C=O) groups is 1. The van der Waals surface area contributed by atoms with Crippen LogP contribution in [0, 0.1) is 6.92 Å². The molecule has 0 bridgehead atoms. The Morgan fingerprint density at radius 2 is 2.17 bits per heavy atom. The maximum atomic E-state index is 12.6. The zero-order chi connectivity index (χ0) is 20.0. The summed E-state index contributed by atoms with van der Waals surface area (Å²) in [5.74, 6) is 1.29. The van der Waals surface area contributed by atoms with Crippen LogP contribution in [0.5, 0.6) is 0 Å². The summed E-state index contributed by atoms with van der Waals surface area (Å²) in [4.78, 5) is 18.8. The fourth-order valence-corrected chi connectivity index (χ4v) is 3.64. The van der Waals surface area contributed by atoms with Crippen molar-refractivity contribution in [2.75, 3.05) is 11.4 Å². The third-order valence-electron chi connectivity index (χ3n) is 4.98. The van der Waals surface area contributed by atoms with Crippen molar-refractivity contribution in [2.24, 2.45) is 0 Å². The molecule has 0 aliphatic carbocycles. The Balaban J connectivity index is 1.37. The maximum absolute atomic E-state index is 12.6. The third kappa shape index (κ3) is 3.21. The van der Waals surface area contributed by atoms with Crippen LogP contribution in [0.2, 0.25) is 5.02 Å². The van der Waals surface area contributed by atoms with Crippen molar-refractivity contribution in [3.8, 4) is 23.0 Å². The van der Waals surface area contributed by atoms with E-state index >= 15 is 0 Å². The summed E-state index contributed by atoms with van der Waals surface area (Å²) in [6.07, 6.45) is 1.89. The first-order valence-electron chi connectivity index (χ1n) is 9.08. The number of hydrogen-bond donors (Lipinski definition) is 1. The predicted octanol–water partition coefficient (Wildman–Crippen LogP) is 4.20. The summed E-state index contributed by atoms with van der Waals surface area (Å²) < 4.78 is 10.7. The number of nitrogens with zero attached hydrogens (tertiary/aromatic N) is 4. The Hall–Kier alpha value is -3.39. The summed E-state index contributed by atoms with van der Waals surface area (Å²) in [6.45, 7) is 2.42. The fraction of sp³-hybridized carbons (Fsp3) is 0.200. The highest BCUT2D eigenvalue weighted by Gasteiger charge is 2.35. The molecule has 1 unspecified atom stereocenters. The van der Waals surface area contributed by atoms with Gasteiger partial charge in [0.1, 0.15) is 11.4 Å². The molecule has 1 atom stereocenters. The minimum atomic E-state index is -0.161. The molecule has 0 spiro atoms. The number of rotatable bonds is 4. The average Bonchev–Trinajstić information content (AvgIpc) is 3.49. The molecule has 1 saturated heterocycles. The molecule has 1 aliphatic rings. The monoisotopic (exact) mass is 409 g/mol. The Bertz CT molecular complexity index is 1180. The van der Waals surface area contributed by atoms with Crippen molar-refractivity contribution in [1.29, 1.82) is 0 Å². The molecule has 146 valence electrons. The second-order valence-electron chi connectivity index (χ2n) is 6.94. The predicted molar refractivity (Wildman–Crippen MR) is 105 cm³/mol. The van der Waals surface area contributed by atoms with Gasteiger partial charge < -0.3 is 13.8 Å². The molecule has 4 heterocycles. The summed E-state index contributed by atoms with van der Waals surface area (Å²) in [5.41, 5.74) is 3.02. The Morgan fingerprint density at radius 1 is 1.28 bits per heavy atom. The highest BCUT2D eigenvalue weighted by atomic mass is 35.5. The van der Waals surface area contributed by atoms with Crippen molar-refractivity contribution < 1.29 is 13.7 Å². The van der Waals surface area contributed by atoms with Gasteiger partial charge in [0, 0.05) is 35.7 Å². The van der Waals surface area contributed by atoms with Crippen LogP contribution >= 0.6 is 11.6 Å². The number of halogens is 1. The molecular formula is C20H16ClN5O3. The molecule has 9 heteroatoms. The zero-order valence-corrected chi connectivity index (χ0v) is 16.2. The summed E-state index contributed by atoms with van der Waals surface area (Å²) >= 11 is 6.11. The van der Waals surface area contributed by atoms with Gasteiger partial charge in [0.15, 0.2) is 11.6 Å². The standard InChI is InChI=1S/C20H16ClN5O3/c1-11-4-5-13(21)8-16(11)26-10-12(7-18(26)27)19-22-20(29-25-19)15-9-14(23-24-15)17-3-2-6-28-17/h2-6,8-9,12H,7,10H2,1H3,(H,23,24). The van der Waals surface area contributed by atoms with E-state index in [4.69, 9.17) is 20.5 Å². The lowest BCUT2D eigenvalue weighted by Gasteiger charge is -2.19. The van der Waals surface area contributed by atoms with E-state index in [0.29, 0.717) is 46.9 Å². The van der Waals surface area contributed by atoms with Crippen molar-refractivity contribution in [3.63, 3.8) is 0 Å². The number of carbonyl (C=O) groups excluding carboxylic acids is 1. The maximum Gasteiger partial charge on any atom is 0.275 e. The molecule has 0 radical (unpaired) electrons. The van der Waals surface area contributed by atoms with Crippen LogP contribution in [-0.4, -0.2) is 32.8 Å². The number of aryl methyl sites for hydroxylation is 1. The number of benzene rings is 1. The zero-order valence-electron chi connectivity index (χ0n) is 15.4. The second kappa shape index (κ2) is 6.89. The first-order chi connectivity index (χ1) is 14.1. The van der Waals surface area contributed by atoms with Gasteiger partial charge in [-0.3, -0.25) is 9.89 Å². The molecule has 29 heavy (non-hydrogen) atoms. The lowest BCUT2D eigenvalue weighted by atomic mass is 10.1. The normalized spacial score (nSPS) is 16.7. The number of nitrogens with one attached hydrogen (secondary N) is 1. The largest absolute Gasteiger partial charge is 0.463 e. The third-order valence-corrected chi connectivity index (χ3v) is 5.21. The van der Waals surface area contributed by atoms with E-state index in [1.807, 2.05) is 25.1 Å². The van der Waals surface area contributed by atoms with Gasteiger partial charge in [-0.1, -0.05) is 22.8 Å². The first kappa shape index (κ1) is 17.7. The fourth-order valence-electron chi connectivity index (χ4n) is 3.48. The van der Waals surface area contributed by atoms with Gasteiger partial charge >= 0.3 is 0 Å². The van der Waals surface area contributed by atoms with Gasteiger partial charge in [-0.05, 0) is 36.8 Å². The van der Waals surface area contributed by atoms with E-state index in [1.54, 1.807) is 29.4 Å². The van der Waals surface area contributed by atoms with Gasteiger partial charge in [0.2, 0.25) is 5.91 Å². The summed E-state index contributed by atoms with van der Waals surface area (Å²) in [6, 6.07) is 10.9. The highest BCUT2D eigenvalue weighted by Crippen LogP contribution is 2.34. The molecule has 1 aromatic carbocycles. The van der Waals surface area contributed by atoms with Gasteiger partial charge in [-0.25, -0.2) is 0 Å². The van der Waals surface area contributed by atoms with E-state index in [0.717, 1.165) is 11.3 Å². The molecule has 4 aromatic rings. The minimum absolute atomic E-state index is 0.00774. The number of H-pyrrole nitrogens is 1. The highest BCUT2D eigenvalue weighted by molar-refractivity contribution is 6.31. The molecule has 1 aliphatic heterocycles. The van der Waals surface area contributed by atoms with Crippen molar-refractivity contribution in [1.82, 2.24) is 20.3 Å². The Morgan fingerprint density at radius 3 is 3.00 bits per heavy atom. The van der Waals surface area contributed by atoms with Crippen molar-refractivity contribution in [2.45, 2.75) is 19.3 Å². The molecular weight excluding hydrogens is 394 g/mol. The van der Waals surface area contributed by atoms with E-state index < -0.39 is 0 Å². The lowest BCUT2D eigenvalue weighted by Crippen LogP contribution is -2.25. The van der Waals surface area contributed by atoms with Gasteiger partial charge in [0.05, 0.1) is 6.26 Å². The first-order valence-corrected chi connectivity index (χ1v) is 9.46. The van der Waals surface area contributed by atoms with E-state index in [1.165, 1.54) is 0 Å². The van der Waals surface area contributed by atoms with Gasteiger partial charge in [-0.15, -0.1) is 0 Å². The van der Waals surface area contributed by atoms with E-state index in [9.17, 15) is 4.79 Å². The second-order valence-corrected chi connectivity index (χ2v) is 7.37. The minimum Gasteiger partial charge on any atom is -0.463 e. The van der Waals surface area contributed by atoms with Gasteiger partial charge in [-0.2, -0.15) is 10.1 Å². The van der Waals surface area contributed by atoms with Crippen LogP contribution in [-0.2, 0) is 4.79 Å². The van der Waals surface area contributed by atoms with Gasteiger partial charge in [0.25, 0.3) is 5.89 Å². The smallest absolute Gasteiger partial charge is 0.275 e. The molecule has 3 aromatic heterocycles. The van der Waals surface area contributed by atoms with E-state index in [2.05, 4.69) is 20.3 Å². The number of amides is 1. The van der Waals surface area contributed by atoms with Crippen LogP contribution in [0.1, 0.15) is 23.7 Å². The number of hydrogen-bond acceptors (Lipinski definition) is 6. The average molecular weight is 410 g/mol. The number of anilines is 1. The number of aromatic nitrogens is 4. The SMILES string of the molecule is Cc1ccc(Cl)cc1N1CC(c2noc(-c3cc(-c4ccco4)n[nH]3)n2)CC1=O. The quantitative estimate of drug-likeness (QED) is 0.542. The van der Waals surface area contributed by atoms with Crippen molar-refractivity contribution in [3.05, 3.63) is 59.1 Å². The number of aromatic amines is 1.